The second-order valence-electron chi connectivity index (χ2n) is 9.77. The van der Waals surface area contributed by atoms with Gasteiger partial charge in [-0.3, -0.25) is 15.0 Å². The Kier molecular flexibility index (Phi) is 9.71. The zero-order valence-electron chi connectivity index (χ0n) is 21.7. The summed E-state index contributed by atoms with van der Waals surface area (Å²) in [5.41, 5.74) is 3.56. The number of hydroxylamine groups is 1. The van der Waals surface area contributed by atoms with E-state index in [0.717, 1.165) is 39.9 Å². The summed E-state index contributed by atoms with van der Waals surface area (Å²) < 4.78 is 46.2. The van der Waals surface area contributed by atoms with E-state index in [1.165, 1.54) is 0 Å². The van der Waals surface area contributed by atoms with Crippen LogP contribution >= 0.6 is 11.8 Å². The average Bonchev–Trinajstić information content (AvgIpc) is 2.95. The number of aliphatic hydroxyl groups is 1. The Bertz CT molecular complexity index is 1310. The normalized spacial score (nSPS) is 15.4. The van der Waals surface area contributed by atoms with E-state index in [9.17, 15) is 28.3 Å². The first-order chi connectivity index (χ1) is 18.8. The molecular weight excluding hydrogens is 531 g/mol. The third kappa shape index (κ3) is 6.66. The zero-order valence-corrected chi connectivity index (χ0v) is 22.5. The number of halogens is 3. The number of rotatable bonds is 11. The number of pyridine rings is 1. The summed E-state index contributed by atoms with van der Waals surface area (Å²) in [5.74, 6) is -2.38. The van der Waals surface area contributed by atoms with Crippen LogP contribution in [0.5, 0.6) is 5.75 Å². The van der Waals surface area contributed by atoms with E-state index in [0.29, 0.717) is 69.3 Å². The monoisotopic (exact) mass is 563 g/mol. The molecule has 2 aromatic carbocycles. The lowest BCUT2D eigenvalue weighted by Crippen LogP contribution is -2.48. The van der Waals surface area contributed by atoms with E-state index < -0.39 is 28.8 Å². The summed E-state index contributed by atoms with van der Waals surface area (Å²) in [6, 6.07) is 7.10. The maximum atomic E-state index is 13.9. The Morgan fingerprint density at radius 2 is 1.97 bits per heavy atom. The van der Waals surface area contributed by atoms with Gasteiger partial charge in [0.05, 0.1) is 24.6 Å². The SMILES string of the molecule is COc1ccc2ncc(CO)c(CCCC3(C(=O)NO)CCN(CCSc4cc(F)cc(F)c4F)CC3)c2c1. The quantitative estimate of drug-likeness (QED) is 0.133. The van der Waals surface area contributed by atoms with Crippen molar-refractivity contribution in [1.82, 2.24) is 15.4 Å². The minimum atomic E-state index is -1.21. The summed E-state index contributed by atoms with van der Waals surface area (Å²) in [4.78, 5) is 19.3. The van der Waals surface area contributed by atoms with Gasteiger partial charge in [0.2, 0.25) is 5.91 Å². The van der Waals surface area contributed by atoms with E-state index in [1.54, 1.807) is 13.3 Å². The lowest BCUT2D eigenvalue weighted by Gasteiger charge is -2.40. The molecular formula is C28H32F3N3O4S. The van der Waals surface area contributed by atoms with Crippen LogP contribution in [0.15, 0.2) is 41.4 Å². The fourth-order valence-corrected chi connectivity index (χ4v) is 6.26. The molecule has 1 aromatic heterocycles. The Balaban J connectivity index is 1.38. The number of carbonyl (C=O) groups excluding carboxylic acids is 1. The van der Waals surface area contributed by atoms with Crippen molar-refractivity contribution in [2.75, 3.05) is 32.5 Å². The standard InChI is InChI=1S/C28H32F3N3O4S/c1-38-20-4-5-24-22(15-20)21(18(17-35)16-32-24)3-2-6-28(27(36)33-37)7-9-34(10-8-28)11-12-39-25-14-19(29)13-23(30)26(25)31/h4-5,13-16,35,37H,2-3,6-12,17H2,1H3,(H,33,36). The van der Waals surface area contributed by atoms with Crippen molar-refractivity contribution in [1.29, 1.82) is 0 Å². The molecule has 0 unspecified atom stereocenters. The van der Waals surface area contributed by atoms with Gasteiger partial charge in [-0.2, -0.15) is 0 Å². The van der Waals surface area contributed by atoms with Gasteiger partial charge < -0.3 is 14.7 Å². The average molecular weight is 564 g/mol. The molecule has 0 spiro atoms. The fourth-order valence-electron chi connectivity index (χ4n) is 5.27. The van der Waals surface area contributed by atoms with Crippen molar-refractivity contribution >= 4 is 28.6 Å². The Hall–Kier alpha value is -2.86. The van der Waals surface area contributed by atoms with Gasteiger partial charge in [0.25, 0.3) is 0 Å². The molecule has 1 fully saturated rings. The van der Waals surface area contributed by atoms with Crippen molar-refractivity contribution in [2.24, 2.45) is 5.41 Å². The van der Waals surface area contributed by atoms with Gasteiger partial charge >= 0.3 is 0 Å². The topological polar surface area (TPSA) is 94.9 Å². The van der Waals surface area contributed by atoms with Gasteiger partial charge in [-0.1, -0.05) is 0 Å². The molecule has 0 aliphatic carbocycles. The number of thioether (sulfide) groups is 1. The molecule has 0 radical (unpaired) electrons. The smallest absolute Gasteiger partial charge is 0.249 e. The number of aryl methyl sites for hydroxylation is 1. The van der Waals surface area contributed by atoms with Gasteiger partial charge in [-0.15, -0.1) is 11.8 Å². The molecule has 3 aromatic rings. The Labute approximate surface area is 229 Å². The van der Waals surface area contributed by atoms with Gasteiger partial charge in [-0.25, -0.2) is 18.7 Å². The zero-order chi connectivity index (χ0) is 28.0. The fraction of sp³-hybridized carbons (Fsp3) is 0.429. The van der Waals surface area contributed by atoms with Gasteiger partial charge in [0, 0.05) is 34.8 Å². The highest BCUT2D eigenvalue weighted by Gasteiger charge is 2.40. The summed E-state index contributed by atoms with van der Waals surface area (Å²) >= 11 is 1.05. The van der Waals surface area contributed by atoms with E-state index in [-0.39, 0.29) is 11.5 Å². The number of fused-ring (bicyclic) bond motifs is 1. The number of benzene rings is 2. The van der Waals surface area contributed by atoms with Crippen molar-refractivity contribution in [3.8, 4) is 5.75 Å². The minimum absolute atomic E-state index is 0.0676. The number of methoxy groups -OCH3 is 1. The first kappa shape index (κ1) is 29.1. The van der Waals surface area contributed by atoms with Crippen LogP contribution < -0.4 is 10.2 Å². The summed E-state index contributed by atoms with van der Waals surface area (Å²) in [6.45, 7) is 1.58. The van der Waals surface area contributed by atoms with Crippen LogP contribution in [0.3, 0.4) is 0 Å². The van der Waals surface area contributed by atoms with E-state index in [1.807, 2.05) is 23.7 Å². The minimum Gasteiger partial charge on any atom is -0.497 e. The third-order valence-corrected chi connectivity index (χ3v) is 8.54. The van der Waals surface area contributed by atoms with Crippen molar-refractivity contribution < 1.29 is 33.0 Å². The number of hydrogen-bond donors (Lipinski definition) is 3. The largest absolute Gasteiger partial charge is 0.497 e. The van der Waals surface area contributed by atoms with Crippen LogP contribution in [0, 0.1) is 22.9 Å². The lowest BCUT2D eigenvalue weighted by atomic mass is 9.73. The molecule has 1 aliphatic heterocycles. The summed E-state index contributed by atoms with van der Waals surface area (Å²) in [5, 5.41) is 20.3. The lowest BCUT2D eigenvalue weighted by molar-refractivity contribution is -0.143. The Morgan fingerprint density at radius 3 is 2.67 bits per heavy atom. The molecule has 0 atom stereocenters. The molecule has 3 N–H and O–H groups in total. The van der Waals surface area contributed by atoms with Crippen LogP contribution in [0.1, 0.15) is 36.8 Å². The number of ether oxygens (including phenoxy) is 1. The molecule has 2 heterocycles. The second kappa shape index (κ2) is 13.0. The molecule has 7 nitrogen and oxygen atoms in total. The third-order valence-electron chi connectivity index (χ3n) is 7.55. The number of aromatic nitrogens is 1. The van der Waals surface area contributed by atoms with Crippen LogP contribution in [0.4, 0.5) is 13.2 Å². The van der Waals surface area contributed by atoms with Crippen molar-refractivity contribution in [2.45, 2.75) is 43.6 Å². The summed E-state index contributed by atoms with van der Waals surface area (Å²) in [7, 11) is 1.59. The number of carbonyl (C=O) groups is 1. The van der Waals surface area contributed by atoms with Gasteiger partial charge in [0.1, 0.15) is 11.6 Å². The van der Waals surface area contributed by atoms with Gasteiger partial charge in [-0.05, 0) is 80.6 Å². The number of nitrogens with zero attached hydrogens (tertiary/aromatic N) is 2. The van der Waals surface area contributed by atoms with Crippen LogP contribution in [-0.4, -0.2) is 58.6 Å². The maximum absolute atomic E-state index is 13.9. The summed E-state index contributed by atoms with van der Waals surface area (Å²) in [6.07, 6.45) is 4.50. The molecule has 1 saturated heterocycles. The number of nitrogens with one attached hydrogen (secondary N) is 1. The highest BCUT2D eigenvalue weighted by Crippen LogP contribution is 2.38. The second-order valence-corrected chi connectivity index (χ2v) is 10.9. The highest BCUT2D eigenvalue weighted by molar-refractivity contribution is 7.99. The van der Waals surface area contributed by atoms with Crippen LogP contribution in [0.25, 0.3) is 10.9 Å². The molecule has 0 saturated carbocycles. The van der Waals surface area contributed by atoms with Crippen LogP contribution in [0.2, 0.25) is 0 Å². The predicted molar refractivity (Wildman–Crippen MR) is 142 cm³/mol. The number of amides is 1. The predicted octanol–water partition coefficient (Wildman–Crippen LogP) is 4.86. The number of aliphatic hydroxyl groups excluding tert-OH is 1. The molecule has 0 bridgehead atoms. The Morgan fingerprint density at radius 1 is 1.21 bits per heavy atom. The van der Waals surface area contributed by atoms with Crippen LogP contribution in [-0.2, 0) is 17.8 Å². The molecule has 210 valence electrons. The van der Waals surface area contributed by atoms with E-state index in [2.05, 4.69) is 9.88 Å². The first-order valence-corrected chi connectivity index (χ1v) is 13.8. The molecule has 11 heteroatoms. The first-order valence-electron chi connectivity index (χ1n) is 12.8. The van der Waals surface area contributed by atoms with Gasteiger partial charge in [0.15, 0.2) is 11.6 Å². The maximum Gasteiger partial charge on any atom is 0.249 e. The number of hydrogen-bond acceptors (Lipinski definition) is 7. The highest BCUT2D eigenvalue weighted by atomic mass is 32.2. The van der Waals surface area contributed by atoms with E-state index >= 15 is 0 Å². The molecule has 4 rings (SSSR count). The van der Waals surface area contributed by atoms with E-state index in [4.69, 9.17) is 4.74 Å². The van der Waals surface area contributed by atoms with Crippen molar-refractivity contribution in [3.63, 3.8) is 0 Å². The number of piperidine rings is 1. The van der Waals surface area contributed by atoms with Crippen molar-refractivity contribution in [3.05, 3.63) is 65.1 Å². The molecule has 1 amide bonds. The molecule has 39 heavy (non-hydrogen) atoms. The number of likely N-dealkylation sites (tertiary alicyclic amines) is 1. The molecule has 1 aliphatic rings.